The van der Waals surface area contributed by atoms with Crippen molar-refractivity contribution in [3.63, 3.8) is 0 Å². The van der Waals surface area contributed by atoms with Crippen LogP contribution in [0.3, 0.4) is 0 Å². The Morgan fingerprint density at radius 2 is 2.12 bits per heavy atom. The first kappa shape index (κ1) is 15.4. The molecule has 4 rings (SSSR count). The number of aromatic amines is 1. The van der Waals surface area contributed by atoms with Gasteiger partial charge in [-0.15, -0.1) is 0 Å². The number of carbonyl (C=O) groups is 1. The molecule has 2 fully saturated rings. The van der Waals surface area contributed by atoms with E-state index in [9.17, 15) is 9.18 Å². The average molecular weight is 331 g/mol. The summed E-state index contributed by atoms with van der Waals surface area (Å²) in [6, 6.07) is 5.00. The van der Waals surface area contributed by atoms with Gasteiger partial charge in [0, 0.05) is 36.8 Å². The normalized spacial score (nSPS) is 22.2. The minimum absolute atomic E-state index is 0.00826. The van der Waals surface area contributed by atoms with Gasteiger partial charge in [-0.05, 0) is 48.9 Å². The van der Waals surface area contributed by atoms with Crippen molar-refractivity contribution in [3.05, 3.63) is 35.8 Å². The molecule has 6 heteroatoms. The van der Waals surface area contributed by atoms with Crippen molar-refractivity contribution in [2.45, 2.75) is 31.2 Å². The summed E-state index contributed by atoms with van der Waals surface area (Å²) in [5.41, 5.74) is 2.13. The molecular formula is C18H22FN3O2. The molecule has 2 aliphatic rings. The Labute approximate surface area is 140 Å². The number of halogens is 1. The average Bonchev–Trinajstić information content (AvgIpc) is 3.24. The lowest BCUT2D eigenvalue weighted by Gasteiger charge is -2.32. The molecule has 2 saturated heterocycles. The summed E-state index contributed by atoms with van der Waals surface area (Å²) in [6.07, 6.45) is 4.68. The second kappa shape index (κ2) is 6.43. The third-order valence-corrected chi connectivity index (χ3v) is 5.16. The number of nitrogens with zero attached hydrogens (tertiary/aromatic N) is 1. The standard InChI is InChI=1S/C18H22FN3O2/c19-13-1-2-17-15(9-13)16(10-20-17)12-3-6-22(7-4-12)18(23)21-14-5-8-24-11-14/h1-2,9-10,12,14,20H,3-8,11H2,(H,21,23). The van der Waals surface area contributed by atoms with Gasteiger partial charge in [0.15, 0.2) is 0 Å². The highest BCUT2D eigenvalue weighted by Crippen LogP contribution is 2.33. The summed E-state index contributed by atoms with van der Waals surface area (Å²) < 4.78 is 18.8. The topological polar surface area (TPSA) is 57.4 Å². The van der Waals surface area contributed by atoms with Crippen LogP contribution in [0.2, 0.25) is 0 Å². The number of hydrogen-bond donors (Lipinski definition) is 2. The SMILES string of the molecule is O=C(NC1CCOC1)N1CCC(c2c[nH]c3ccc(F)cc23)CC1. The fraction of sp³-hybridized carbons (Fsp3) is 0.500. The van der Waals surface area contributed by atoms with Gasteiger partial charge in [0.25, 0.3) is 0 Å². The largest absolute Gasteiger partial charge is 0.379 e. The lowest BCUT2D eigenvalue weighted by Crippen LogP contribution is -2.47. The molecular weight excluding hydrogens is 309 g/mol. The molecule has 5 nitrogen and oxygen atoms in total. The lowest BCUT2D eigenvalue weighted by molar-refractivity contribution is 0.169. The molecule has 0 bridgehead atoms. The minimum atomic E-state index is -0.209. The van der Waals surface area contributed by atoms with Crippen molar-refractivity contribution in [3.8, 4) is 0 Å². The number of piperidine rings is 1. The molecule has 0 saturated carbocycles. The summed E-state index contributed by atoms with van der Waals surface area (Å²) in [5.74, 6) is 0.151. The quantitative estimate of drug-likeness (QED) is 0.889. The number of rotatable bonds is 2. The van der Waals surface area contributed by atoms with Gasteiger partial charge in [0.05, 0.1) is 12.6 Å². The van der Waals surface area contributed by atoms with Gasteiger partial charge in [-0.1, -0.05) is 0 Å². The molecule has 24 heavy (non-hydrogen) atoms. The van der Waals surface area contributed by atoms with E-state index in [1.54, 1.807) is 12.1 Å². The van der Waals surface area contributed by atoms with Gasteiger partial charge < -0.3 is 19.9 Å². The first-order valence-corrected chi connectivity index (χ1v) is 8.60. The van der Waals surface area contributed by atoms with E-state index in [0.29, 0.717) is 12.5 Å². The second-order valence-electron chi connectivity index (χ2n) is 6.71. The molecule has 0 spiro atoms. The summed E-state index contributed by atoms with van der Waals surface area (Å²) in [7, 11) is 0. The highest BCUT2D eigenvalue weighted by Gasteiger charge is 2.27. The molecule has 0 aliphatic carbocycles. The highest BCUT2D eigenvalue weighted by atomic mass is 19.1. The van der Waals surface area contributed by atoms with E-state index in [4.69, 9.17) is 4.74 Å². The van der Waals surface area contributed by atoms with Gasteiger partial charge >= 0.3 is 6.03 Å². The molecule has 1 atom stereocenters. The van der Waals surface area contributed by atoms with Crippen LogP contribution in [-0.4, -0.2) is 48.3 Å². The zero-order valence-electron chi connectivity index (χ0n) is 13.6. The summed E-state index contributed by atoms with van der Waals surface area (Å²) in [6.45, 7) is 2.80. The number of likely N-dealkylation sites (tertiary alicyclic amines) is 1. The van der Waals surface area contributed by atoms with Crippen LogP contribution in [0.1, 0.15) is 30.7 Å². The van der Waals surface area contributed by atoms with Crippen molar-refractivity contribution in [2.24, 2.45) is 0 Å². The van der Waals surface area contributed by atoms with Crippen LogP contribution in [0.15, 0.2) is 24.4 Å². The third kappa shape index (κ3) is 2.98. The maximum atomic E-state index is 13.5. The minimum Gasteiger partial charge on any atom is -0.379 e. The zero-order chi connectivity index (χ0) is 16.5. The zero-order valence-corrected chi connectivity index (χ0v) is 13.6. The van der Waals surface area contributed by atoms with E-state index < -0.39 is 0 Å². The Balaban J connectivity index is 1.40. The van der Waals surface area contributed by atoms with E-state index in [1.165, 1.54) is 6.07 Å². The van der Waals surface area contributed by atoms with Crippen LogP contribution < -0.4 is 5.32 Å². The van der Waals surface area contributed by atoms with Crippen LogP contribution in [-0.2, 0) is 4.74 Å². The van der Waals surface area contributed by atoms with Crippen LogP contribution in [0, 0.1) is 5.82 Å². The van der Waals surface area contributed by atoms with Crippen LogP contribution in [0.25, 0.3) is 10.9 Å². The monoisotopic (exact) mass is 331 g/mol. The molecule has 3 heterocycles. The first-order chi connectivity index (χ1) is 11.7. The second-order valence-corrected chi connectivity index (χ2v) is 6.71. The molecule has 0 radical (unpaired) electrons. The Bertz CT molecular complexity index is 731. The Morgan fingerprint density at radius 3 is 2.88 bits per heavy atom. The number of fused-ring (bicyclic) bond motifs is 1. The van der Waals surface area contributed by atoms with Crippen LogP contribution in [0.5, 0.6) is 0 Å². The molecule has 1 aromatic carbocycles. The van der Waals surface area contributed by atoms with Crippen molar-refractivity contribution < 1.29 is 13.9 Å². The molecule has 2 aromatic rings. The molecule has 128 valence electrons. The van der Waals surface area contributed by atoms with Gasteiger partial charge in [0.1, 0.15) is 5.82 Å². The number of hydrogen-bond acceptors (Lipinski definition) is 2. The van der Waals surface area contributed by atoms with E-state index in [2.05, 4.69) is 10.3 Å². The lowest BCUT2D eigenvalue weighted by atomic mass is 9.89. The number of nitrogens with one attached hydrogen (secondary N) is 2. The van der Waals surface area contributed by atoms with E-state index in [-0.39, 0.29) is 17.9 Å². The maximum Gasteiger partial charge on any atom is 0.317 e. The molecule has 1 aromatic heterocycles. The summed E-state index contributed by atoms with van der Waals surface area (Å²) in [4.78, 5) is 17.4. The molecule has 1 unspecified atom stereocenters. The number of benzene rings is 1. The van der Waals surface area contributed by atoms with Crippen molar-refractivity contribution in [1.29, 1.82) is 0 Å². The van der Waals surface area contributed by atoms with E-state index >= 15 is 0 Å². The number of carbonyl (C=O) groups excluding carboxylic acids is 1. The fourth-order valence-corrected chi connectivity index (χ4v) is 3.76. The number of H-pyrrole nitrogens is 1. The highest BCUT2D eigenvalue weighted by molar-refractivity contribution is 5.84. The Hall–Kier alpha value is -2.08. The molecule has 2 aliphatic heterocycles. The van der Waals surface area contributed by atoms with Crippen LogP contribution in [0.4, 0.5) is 9.18 Å². The van der Waals surface area contributed by atoms with Gasteiger partial charge in [-0.2, -0.15) is 0 Å². The number of ether oxygens (including phenoxy) is 1. The predicted octanol–water partition coefficient (Wildman–Crippen LogP) is 2.98. The van der Waals surface area contributed by atoms with Crippen molar-refractivity contribution in [1.82, 2.24) is 15.2 Å². The molecule has 2 amide bonds. The fourth-order valence-electron chi connectivity index (χ4n) is 3.76. The summed E-state index contributed by atoms with van der Waals surface area (Å²) in [5, 5.41) is 4.00. The molecule has 2 N–H and O–H groups in total. The van der Waals surface area contributed by atoms with E-state index in [0.717, 1.165) is 55.4 Å². The predicted molar refractivity (Wildman–Crippen MR) is 89.6 cm³/mol. The number of aromatic nitrogens is 1. The van der Waals surface area contributed by atoms with Gasteiger partial charge in [-0.3, -0.25) is 0 Å². The summed E-state index contributed by atoms with van der Waals surface area (Å²) >= 11 is 0. The smallest absolute Gasteiger partial charge is 0.317 e. The Morgan fingerprint density at radius 1 is 1.29 bits per heavy atom. The first-order valence-electron chi connectivity index (χ1n) is 8.60. The van der Waals surface area contributed by atoms with Gasteiger partial charge in [0.2, 0.25) is 0 Å². The third-order valence-electron chi connectivity index (χ3n) is 5.16. The van der Waals surface area contributed by atoms with Gasteiger partial charge in [-0.25, -0.2) is 9.18 Å². The number of urea groups is 1. The number of amides is 2. The maximum absolute atomic E-state index is 13.5. The van der Waals surface area contributed by atoms with Crippen LogP contribution >= 0.6 is 0 Å². The van der Waals surface area contributed by atoms with Crippen molar-refractivity contribution >= 4 is 16.9 Å². The van der Waals surface area contributed by atoms with Crippen molar-refractivity contribution in [2.75, 3.05) is 26.3 Å². The Kier molecular flexibility index (Phi) is 4.14. The van der Waals surface area contributed by atoms with E-state index in [1.807, 2.05) is 11.1 Å².